The van der Waals surface area contributed by atoms with Gasteiger partial charge >= 0.3 is 144 Å². The quantitative estimate of drug-likeness (QED) is 0.776. The summed E-state index contributed by atoms with van der Waals surface area (Å²) in [6.45, 7) is 14.3. The molecule has 23 heavy (non-hydrogen) atoms. The van der Waals surface area contributed by atoms with Crippen molar-refractivity contribution >= 4 is 29.4 Å². The Bertz CT molecular complexity index is 659. The van der Waals surface area contributed by atoms with Crippen molar-refractivity contribution in [2.75, 3.05) is 0 Å². The van der Waals surface area contributed by atoms with Gasteiger partial charge < -0.3 is 0 Å². The van der Waals surface area contributed by atoms with Crippen molar-refractivity contribution in [2.24, 2.45) is 0 Å². The molecule has 0 unspecified atom stereocenters. The molecular weight excluding hydrogens is 345 g/mol. The number of hydrogen-bond acceptors (Lipinski definition) is 2. The molecule has 2 rings (SSSR count). The van der Waals surface area contributed by atoms with Gasteiger partial charge in [0, 0.05) is 0 Å². The first-order chi connectivity index (χ1) is 10.7. The molecule has 2 aromatic rings. The summed E-state index contributed by atoms with van der Waals surface area (Å²) in [5, 5.41) is 0. The van der Waals surface area contributed by atoms with E-state index in [9.17, 15) is 4.79 Å². The summed E-state index contributed by atoms with van der Waals surface area (Å²) in [6.07, 6.45) is 0. The molecule has 0 aromatic heterocycles. The van der Waals surface area contributed by atoms with Gasteiger partial charge in [-0.15, -0.1) is 0 Å². The Balaban J connectivity index is 2.72. The first kappa shape index (κ1) is 17.8. The third kappa shape index (κ3) is 3.86. The molecule has 0 atom stereocenters. The van der Waals surface area contributed by atoms with Crippen molar-refractivity contribution in [3.05, 3.63) is 57.6 Å². The van der Waals surface area contributed by atoms with Gasteiger partial charge in [0.25, 0.3) is 0 Å². The third-order valence-electron chi connectivity index (χ3n) is 4.05. The van der Waals surface area contributed by atoms with Crippen LogP contribution in [0.15, 0.2) is 24.3 Å². The molecule has 0 saturated carbocycles. The summed E-state index contributed by atoms with van der Waals surface area (Å²) in [4.78, 5) is 11.8. The normalized spacial score (nSPS) is 11.0. The van der Waals surface area contributed by atoms with Crippen LogP contribution >= 0.6 is 0 Å². The minimum absolute atomic E-state index is 0.182. The van der Waals surface area contributed by atoms with Gasteiger partial charge in [0.1, 0.15) is 0 Å². The van der Waals surface area contributed by atoms with Crippen LogP contribution < -0.4 is 8.79 Å². The SMILES string of the molecule is CC(=O)[O][Ge]([c]1c(C)cc(C)cc1C)[c]1c(C)cc(C)cc1C. The fourth-order valence-electron chi connectivity index (χ4n) is 3.45. The number of hydrogen-bond donors (Lipinski definition) is 0. The van der Waals surface area contributed by atoms with Crippen LogP contribution in [0.2, 0.25) is 0 Å². The molecule has 0 bridgehead atoms. The van der Waals surface area contributed by atoms with Crippen molar-refractivity contribution in [2.45, 2.75) is 48.5 Å². The Morgan fingerprint density at radius 2 is 1.04 bits per heavy atom. The van der Waals surface area contributed by atoms with E-state index in [0.29, 0.717) is 0 Å². The van der Waals surface area contributed by atoms with Crippen molar-refractivity contribution in [3.8, 4) is 0 Å². The second-order valence-electron chi connectivity index (χ2n) is 6.47. The molecule has 0 N–H and O–H groups in total. The van der Waals surface area contributed by atoms with E-state index in [4.69, 9.17) is 3.76 Å². The van der Waals surface area contributed by atoms with Crippen LogP contribution in [0.1, 0.15) is 40.3 Å². The Morgan fingerprint density at radius 1 is 0.739 bits per heavy atom. The molecule has 2 aromatic carbocycles. The molecule has 121 valence electrons. The molecular formula is C20H25GeO2. The average molecular weight is 370 g/mol. The van der Waals surface area contributed by atoms with Gasteiger partial charge in [0.05, 0.1) is 0 Å². The Morgan fingerprint density at radius 3 is 1.30 bits per heavy atom. The van der Waals surface area contributed by atoms with Gasteiger partial charge in [0.2, 0.25) is 0 Å². The molecule has 1 radical (unpaired) electrons. The van der Waals surface area contributed by atoms with Crippen molar-refractivity contribution in [3.63, 3.8) is 0 Å². The Kier molecular flexibility index (Phi) is 5.35. The van der Waals surface area contributed by atoms with E-state index in [1.807, 2.05) is 0 Å². The van der Waals surface area contributed by atoms with E-state index < -0.39 is 14.7 Å². The van der Waals surface area contributed by atoms with E-state index in [1.54, 1.807) is 0 Å². The number of carbonyl (C=O) groups excluding carboxylic acids is 1. The third-order valence-corrected chi connectivity index (χ3v) is 10.3. The molecule has 0 saturated heterocycles. The minimum atomic E-state index is -2.40. The fraction of sp³-hybridized carbons (Fsp3) is 0.350. The monoisotopic (exact) mass is 371 g/mol. The molecule has 2 nitrogen and oxygen atoms in total. The molecule has 0 aliphatic rings. The van der Waals surface area contributed by atoms with E-state index in [-0.39, 0.29) is 5.97 Å². The molecule has 0 aliphatic carbocycles. The average Bonchev–Trinajstić information content (AvgIpc) is 2.34. The first-order valence-corrected chi connectivity index (χ1v) is 10.9. The summed E-state index contributed by atoms with van der Waals surface area (Å²) in [5.41, 5.74) is 7.44. The van der Waals surface area contributed by atoms with E-state index >= 15 is 0 Å². The van der Waals surface area contributed by atoms with Gasteiger partial charge in [-0.05, 0) is 0 Å². The van der Waals surface area contributed by atoms with Gasteiger partial charge in [-0.3, -0.25) is 0 Å². The maximum atomic E-state index is 11.8. The standard InChI is InChI=1S/C20H25GeO2/c1-12-8-14(3)19(15(4)9-12)21(23-18(7)22)20-16(5)10-13(2)11-17(20)6/h8-11H,1-7H3. The van der Waals surface area contributed by atoms with Gasteiger partial charge in [-0.25, -0.2) is 0 Å². The Labute approximate surface area is 144 Å². The van der Waals surface area contributed by atoms with Gasteiger partial charge in [0.15, 0.2) is 0 Å². The van der Waals surface area contributed by atoms with Gasteiger partial charge in [-0.1, -0.05) is 0 Å². The first-order valence-electron chi connectivity index (χ1n) is 7.92. The molecule has 0 aliphatic heterocycles. The zero-order valence-electron chi connectivity index (χ0n) is 15.1. The number of carbonyl (C=O) groups is 1. The summed E-state index contributed by atoms with van der Waals surface area (Å²) in [6, 6.07) is 8.77. The van der Waals surface area contributed by atoms with Crippen LogP contribution in [-0.4, -0.2) is 20.7 Å². The van der Waals surface area contributed by atoms with E-state index in [1.165, 1.54) is 49.1 Å². The number of aryl methyl sites for hydroxylation is 6. The van der Waals surface area contributed by atoms with Crippen molar-refractivity contribution in [1.29, 1.82) is 0 Å². The topological polar surface area (TPSA) is 26.3 Å². The zero-order chi connectivity index (χ0) is 17.3. The fourth-order valence-corrected chi connectivity index (χ4v) is 8.61. The molecule has 0 fully saturated rings. The van der Waals surface area contributed by atoms with E-state index in [0.717, 1.165) is 0 Å². The zero-order valence-corrected chi connectivity index (χ0v) is 17.2. The second-order valence-corrected chi connectivity index (χ2v) is 10.4. The van der Waals surface area contributed by atoms with E-state index in [2.05, 4.69) is 65.8 Å². The molecule has 0 amide bonds. The van der Waals surface area contributed by atoms with Crippen LogP contribution in [0.25, 0.3) is 0 Å². The summed E-state index contributed by atoms with van der Waals surface area (Å²) in [7, 11) is 0. The summed E-state index contributed by atoms with van der Waals surface area (Å²) in [5.74, 6) is -0.182. The van der Waals surface area contributed by atoms with Crippen LogP contribution in [-0.2, 0) is 8.56 Å². The van der Waals surface area contributed by atoms with Crippen LogP contribution in [0.4, 0.5) is 0 Å². The molecule has 0 heterocycles. The van der Waals surface area contributed by atoms with Gasteiger partial charge in [-0.2, -0.15) is 0 Å². The van der Waals surface area contributed by atoms with Crippen LogP contribution in [0.3, 0.4) is 0 Å². The van der Waals surface area contributed by atoms with Crippen LogP contribution in [0, 0.1) is 41.5 Å². The predicted octanol–water partition coefficient (Wildman–Crippen LogP) is 3.21. The molecule has 0 spiro atoms. The van der Waals surface area contributed by atoms with Crippen LogP contribution in [0.5, 0.6) is 0 Å². The molecule has 3 heteroatoms. The van der Waals surface area contributed by atoms with Crippen molar-refractivity contribution < 1.29 is 8.56 Å². The Hall–Kier alpha value is -1.55. The maximum absolute atomic E-state index is 11.8. The predicted molar refractivity (Wildman–Crippen MR) is 98.1 cm³/mol. The van der Waals surface area contributed by atoms with Crippen molar-refractivity contribution in [1.82, 2.24) is 0 Å². The number of rotatable bonds is 3. The second kappa shape index (κ2) is 6.92. The number of benzene rings is 2. The summed E-state index contributed by atoms with van der Waals surface area (Å²) >= 11 is -2.40. The summed E-state index contributed by atoms with van der Waals surface area (Å²) < 4.78 is 8.48.